The fourth-order valence-corrected chi connectivity index (χ4v) is 11.3. The van der Waals surface area contributed by atoms with Gasteiger partial charge in [0, 0.05) is 38.0 Å². The van der Waals surface area contributed by atoms with Crippen LogP contribution in [-0.4, -0.2) is 23.7 Å². The Balaban J connectivity index is 0.913. The molecule has 0 aliphatic heterocycles. The zero-order valence-corrected chi connectivity index (χ0v) is 36.7. The van der Waals surface area contributed by atoms with Gasteiger partial charge in [-0.3, -0.25) is 9.13 Å². The van der Waals surface area contributed by atoms with Crippen molar-refractivity contribution in [2.24, 2.45) is 0 Å². The van der Waals surface area contributed by atoms with Gasteiger partial charge in [-0.1, -0.05) is 140 Å². The number of pyridine rings is 2. The van der Waals surface area contributed by atoms with E-state index in [0.717, 1.165) is 70.0 Å². The summed E-state index contributed by atoms with van der Waals surface area (Å²) >= 11 is 0. The first-order chi connectivity index (χ1) is 33.2. The van der Waals surface area contributed by atoms with Crippen LogP contribution < -0.4 is 0 Å². The molecule has 5 aromatic heterocycles. The van der Waals surface area contributed by atoms with Crippen molar-refractivity contribution < 1.29 is 0 Å². The van der Waals surface area contributed by atoms with E-state index >= 15 is 0 Å². The fourth-order valence-electron chi connectivity index (χ4n) is 11.3. The van der Waals surface area contributed by atoms with Crippen molar-refractivity contribution in [3.05, 3.63) is 235 Å². The number of rotatable bonds is 7. The number of nitrogens with zero attached hydrogens (tertiary/aromatic N) is 5. The third-order valence-electron chi connectivity index (χ3n) is 14.4. The van der Waals surface area contributed by atoms with Gasteiger partial charge < -0.3 is 4.57 Å². The highest BCUT2D eigenvalue weighted by atomic mass is 15.1. The van der Waals surface area contributed by atoms with Gasteiger partial charge in [0.05, 0.1) is 44.5 Å². The van der Waals surface area contributed by atoms with Crippen LogP contribution in [0.2, 0.25) is 0 Å². The van der Waals surface area contributed by atoms with Crippen LogP contribution in [0.5, 0.6) is 0 Å². The lowest BCUT2D eigenvalue weighted by Crippen LogP contribution is -2.12. The second kappa shape index (κ2) is 15.0. The minimum Gasteiger partial charge on any atom is -0.309 e. The summed E-state index contributed by atoms with van der Waals surface area (Å²) in [5.41, 5.74) is 16.6. The maximum Gasteiger partial charge on any atom is 0.138 e. The first-order valence-corrected chi connectivity index (χ1v) is 23.4. The molecule has 0 bridgehead atoms. The highest BCUT2D eigenvalue weighted by molar-refractivity contribution is 6.19. The molecule has 0 spiro atoms. The van der Waals surface area contributed by atoms with Crippen LogP contribution in [0.15, 0.2) is 218 Å². The van der Waals surface area contributed by atoms with Gasteiger partial charge in [0.15, 0.2) is 0 Å². The number of fused-ring (bicyclic) bond motifs is 12. The van der Waals surface area contributed by atoms with E-state index in [1.54, 1.807) is 0 Å². The van der Waals surface area contributed by atoms with Crippen molar-refractivity contribution in [2.45, 2.75) is 25.2 Å². The molecule has 0 amide bonds. The normalized spacial score (nSPS) is 13.6. The number of aromatic nitrogens is 5. The Bertz CT molecular complexity index is 4080. The summed E-state index contributed by atoms with van der Waals surface area (Å²) in [5.74, 6) is 2.15. The summed E-state index contributed by atoms with van der Waals surface area (Å²) in [6.45, 7) is 0. The summed E-state index contributed by atoms with van der Waals surface area (Å²) in [6, 6.07) is 79.2. The number of benzene rings is 8. The molecule has 0 N–H and O–H groups in total. The molecule has 0 saturated carbocycles. The van der Waals surface area contributed by atoms with Crippen LogP contribution >= 0.6 is 0 Å². The first-order valence-electron chi connectivity index (χ1n) is 23.4. The summed E-state index contributed by atoms with van der Waals surface area (Å²) in [6.07, 6.45) is 3.20. The number of hydrogen-bond donors (Lipinski definition) is 0. The molecule has 5 nitrogen and oxygen atoms in total. The number of aryl methyl sites for hydroxylation is 1. The first kappa shape index (κ1) is 37.8. The van der Waals surface area contributed by atoms with Crippen molar-refractivity contribution in [3.63, 3.8) is 0 Å². The standard InChI is InChI=1S/C62H43N5/c1-3-17-40(18-4-1)33-34-42-35-41-19-7-8-22-44(41)49-37-59-50(36-48(42)49)45-23-10-13-29-56(45)66(59)61-31-15-26-53(63-61)54-27-16-32-62(64-54)67-57-30-14-11-25-47(57)52-38-58-51(39-60(52)67)46-24-9-12-28-55(46)65(58)43-20-5-2-6-21-43/h1-32,36-39,42H,33-35H2. The second-order valence-electron chi connectivity index (χ2n) is 18.1. The lowest BCUT2D eigenvalue weighted by Gasteiger charge is -2.28. The zero-order valence-electron chi connectivity index (χ0n) is 36.7. The number of para-hydroxylation sites is 4. The highest BCUT2D eigenvalue weighted by Crippen LogP contribution is 2.46. The maximum atomic E-state index is 5.46. The molecular formula is C62H43N5. The van der Waals surface area contributed by atoms with Gasteiger partial charge in [0.2, 0.25) is 0 Å². The van der Waals surface area contributed by atoms with E-state index in [0.29, 0.717) is 5.92 Å². The van der Waals surface area contributed by atoms with Gasteiger partial charge in [-0.2, -0.15) is 0 Å². The van der Waals surface area contributed by atoms with E-state index in [-0.39, 0.29) is 0 Å². The van der Waals surface area contributed by atoms with E-state index in [4.69, 9.17) is 9.97 Å². The van der Waals surface area contributed by atoms with E-state index < -0.39 is 0 Å². The molecule has 0 saturated heterocycles. The Morgan fingerprint density at radius 2 is 0.866 bits per heavy atom. The predicted octanol–water partition coefficient (Wildman–Crippen LogP) is 15.4. The molecule has 13 aromatic rings. The molecule has 1 aliphatic carbocycles. The monoisotopic (exact) mass is 857 g/mol. The Kier molecular flexibility index (Phi) is 8.47. The van der Waals surface area contributed by atoms with Gasteiger partial charge in [-0.05, 0) is 132 Å². The molecule has 67 heavy (non-hydrogen) atoms. The van der Waals surface area contributed by atoms with E-state index in [9.17, 15) is 0 Å². The average Bonchev–Trinajstić information content (AvgIpc) is 4.02. The minimum absolute atomic E-state index is 0.423. The van der Waals surface area contributed by atoms with Crippen molar-refractivity contribution in [3.8, 4) is 39.8 Å². The van der Waals surface area contributed by atoms with Crippen LogP contribution in [0.1, 0.15) is 29.0 Å². The van der Waals surface area contributed by atoms with Crippen LogP contribution in [-0.2, 0) is 12.8 Å². The van der Waals surface area contributed by atoms with Crippen molar-refractivity contribution >= 4 is 65.4 Å². The minimum atomic E-state index is 0.423. The van der Waals surface area contributed by atoms with Gasteiger partial charge >= 0.3 is 0 Å². The van der Waals surface area contributed by atoms with E-state index in [1.165, 1.54) is 71.2 Å². The summed E-state index contributed by atoms with van der Waals surface area (Å²) in [7, 11) is 0. The molecule has 1 aliphatic rings. The van der Waals surface area contributed by atoms with Crippen LogP contribution in [0.4, 0.5) is 0 Å². The zero-order chi connectivity index (χ0) is 44.0. The van der Waals surface area contributed by atoms with Crippen molar-refractivity contribution in [1.29, 1.82) is 0 Å². The maximum absolute atomic E-state index is 5.46. The molecule has 8 aromatic carbocycles. The van der Waals surface area contributed by atoms with Crippen molar-refractivity contribution in [1.82, 2.24) is 23.7 Å². The SMILES string of the molecule is c1ccc(CCC2Cc3ccccc3-c3cc4c(cc32)c2ccccc2n4-c2cccc(-c3cccc(-n4c5ccccc5c5cc6c(cc54)c4ccccc4n6-c4ccccc4)n3)n2)cc1. The molecule has 1 atom stereocenters. The predicted molar refractivity (Wildman–Crippen MR) is 277 cm³/mol. The Hall–Kier alpha value is -8.54. The second-order valence-corrected chi connectivity index (χ2v) is 18.1. The summed E-state index contributed by atoms with van der Waals surface area (Å²) < 4.78 is 7.08. The van der Waals surface area contributed by atoms with E-state index in [1.807, 2.05) is 0 Å². The smallest absolute Gasteiger partial charge is 0.138 e. The average molecular weight is 858 g/mol. The molecule has 0 fully saturated rings. The van der Waals surface area contributed by atoms with Gasteiger partial charge in [0.1, 0.15) is 11.6 Å². The van der Waals surface area contributed by atoms with Gasteiger partial charge in [-0.15, -0.1) is 0 Å². The largest absolute Gasteiger partial charge is 0.309 e. The third-order valence-corrected chi connectivity index (χ3v) is 14.4. The topological polar surface area (TPSA) is 40.6 Å². The Morgan fingerprint density at radius 1 is 0.373 bits per heavy atom. The molecule has 14 rings (SSSR count). The molecule has 0 radical (unpaired) electrons. The fraction of sp³-hybridized carbons (Fsp3) is 0.0645. The summed E-state index contributed by atoms with van der Waals surface area (Å²) in [5, 5.41) is 7.31. The quantitative estimate of drug-likeness (QED) is 0.160. The molecule has 5 heteroatoms. The lowest BCUT2D eigenvalue weighted by molar-refractivity contribution is 0.616. The lowest BCUT2D eigenvalue weighted by atomic mass is 9.76. The molecule has 5 heterocycles. The van der Waals surface area contributed by atoms with Crippen LogP contribution in [0, 0.1) is 0 Å². The van der Waals surface area contributed by atoms with Gasteiger partial charge in [-0.25, -0.2) is 9.97 Å². The van der Waals surface area contributed by atoms with E-state index in [2.05, 4.69) is 232 Å². The molecular weight excluding hydrogens is 815 g/mol. The highest BCUT2D eigenvalue weighted by Gasteiger charge is 2.27. The Morgan fingerprint density at radius 3 is 1.49 bits per heavy atom. The van der Waals surface area contributed by atoms with Crippen molar-refractivity contribution in [2.75, 3.05) is 0 Å². The number of hydrogen-bond acceptors (Lipinski definition) is 2. The van der Waals surface area contributed by atoms with Crippen LogP contribution in [0.25, 0.3) is 105 Å². The van der Waals surface area contributed by atoms with Crippen LogP contribution in [0.3, 0.4) is 0 Å². The van der Waals surface area contributed by atoms with Gasteiger partial charge in [0.25, 0.3) is 0 Å². The molecule has 1 unspecified atom stereocenters. The molecule has 316 valence electrons. The summed E-state index contributed by atoms with van der Waals surface area (Å²) in [4.78, 5) is 10.9. The Labute approximate surface area is 387 Å². The third kappa shape index (κ3) is 5.94.